The minimum atomic E-state index is -0.197. The predicted molar refractivity (Wildman–Crippen MR) is 117 cm³/mol. The molecule has 0 saturated carbocycles. The number of likely N-dealkylation sites (tertiary alicyclic amines) is 1. The number of rotatable bonds is 3. The highest BCUT2D eigenvalue weighted by Crippen LogP contribution is 2.40. The Labute approximate surface area is 179 Å². The van der Waals surface area contributed by atoms with Gasteiger partial charge in [0.25, 0.3) is 11.5 Å². The Balaban J connectivity index is 1.77. The van der Waals surface area contributed by atoms with E-state index in [1.807, 2.05) is 42.5 Å². The number of aliphatic hydroxyl groups is 1. The van der Waals surface area contributed by atoms with Crippen LogP contribution in [0.15, 0.2) is 59.4 Å². The van der Waals surface area contributed by atoms with Gasteiger partial charge in [0.2, 0.25) is 0 Å². The highest BCUT2D eigenvalue weighted by molar-refractivity contribution is 6.33. The number of carbonyl (C=O) groups excluding carboxylic acids is 1. The Hall–Kier alpha value is -2.89. The largest absolute Gasteiger partial charge is 0.394 e. The van der Waals surface area contributed by atoms with Gasteiger partial charge in [0.15, 0.2) is 0 Å². The van der Waals surface area contributed by atoms with Gasteiger partial charge < -0.3 is 14.6 Å². The molecule has 0 aliphatic carbocycles. The zero-order valence-electron chi connectivity index (χ0n) is 16.3. The van der Waals surface area contributed by atoms with Crippen molar-refractivity contribution in [1.82, 2.24) is 9.47 Å². The van der Waals surface area contributed by atoms with E-state index < -0.39 is 0 Å². The molecular weight excluding hydrogens is 400 g/mol. The number of amides is 1. The first-order valence-corrected chi connectivity index (χ1v) is 10.5. The van der Waals surface area contributed by atoms with Gasteiger partial charge in [-0.05, 0) is 36.1 Å². The van der Waals surface area contributed by atoms with Crippen LogP contribution in [0.5, 0.6) is 0 Å². The van der Waals surface area contributed by atoms with Crippen molar-refractivity contribution in [3.05, 3.63) is 81.1 Å². The number of pyridine rings is 1. The van der Waals surface area contributed by atoms with Gasteiger partial charge in [-0.2, -0.15) is 0 Å². The first-order chi connectivity index (χ1) is 14.6. The number of halogens is 1. The molecule has 2 aliphatic heterocycles. The molecule has 1 atom stereocenters. The second-order valence-corrected chi connectivity index (χ2v) is 8.24. The molecule has 0 bridgehead atoms. The highest BCUT2D eigenvalue weighted by Gasteiger charge is 2.34. The normalized spacial score (nSPS) is 17.1. The summed E-state index contributed by atoms with van der Waals surface area (Å²) >= 11 is 6.52. The number of hydrogen-bond acceptors (Lipinski definition) is 3. The molecule has 2 aromatic carbocycles. The third kappa shape index (κ3) is 2.89. The summed E-state index contributed by atoms with van der Waals surface area (Å²) in [6.45, 7) is 0.913. The number of fused-ring (bicyclic) bond motifs is 3. The van der Waals surface area contributed by atoms with E-state index in [-0.39, 0.29) is 24.1 Å². The standard InChI is InChI=1S/C24H21ClN2O3/c25-20-10-4-8-16-13-27-22(21(16)20)19(24(30)26-11-5-9-17(26)14-28)12-18(23(27)29)15-6-2-1-3-7-15/h1-4,6-8,10,12,17,28H,5,9,11,13-14H2. The molecule has 1 aromatic heterocycles. The van der Waals surface area contributed by atoms with E-state index in [4.69, 9.17) is 11.6 Å². The maximum Gasteiger partial charge on any atom is 0.259 e. The predicted octanol–water partition coefficient (Wildman–Crippen LogP) is 3.79. The smallest absolute Gasteiger partial charge is 0.259 e. The van der Waals surface area contributed by atoms with Gasteiger partial charge in [0, 0.05) is 17.7 Å². The lowest BCUT2D eigenvalue weighted by Crippen LogP contribution is -2.38. The quantitative estimate of drug-likeness (QED) is 0.548. The fourth-order valence-corrected chi connectivity index (χ4v) is 4.94. The van der Waals surface area contributed by atoms with Crippen LogP contribution in [0.2, 0.25) is 5.02 Å². The van der Waals surface area contributed by atoms with E-state index in [9.17, 15) is 14.7 Å². The van der Waals surface area contributed by atoms with Crippen molar-refractivity contribution in [3.63, 3.8) is 0 Å². The molecule has 1 fully saturated rings. The van der Waals surface area contributed by atoms with Crippen molar-refractivity contribution in [1.29, 1.82) is 0 Å². The molecule has 1 amide bonds. The van der Waals surface area contributed by atoms with E-state index in [0.29, 0.717) is 34.9 Å². The number of nitrogens with zero attached hydrogens (tertiary/aromatic N) is 2. The van der Waals surface area contributed by atoms with Crippen molar-refractivity contribution in [3.8, 4) is 22.4 Å². The van der Waals surface area contributed by atoms with Gasteiger partial charge in [0.05, 0.1) is 35.5 Å². The van der Waals surface area contributed by atoms with Crippen LogP contribution in [-0.2, 0) is 6.54 Å². The number of hydrogen-bond donors (Lipinski definition) is 1. The number of aromatic nitrogens is 1. The summed E-state index contributed by atoms with van der Waals surface area (Å²) in [5.74, 6) is -0.166. The van der Waals surface area contributed by atoms with Crippen molar-refractivity contribution in [2.24, 2.45) is 0 Å². The minimum Gasteiger partial charge on any atom is -0.394 e. The van der Waals surface area contributed by atoms with Crippen LogP contribution in [0, 0.1) is 0 Å². The third-order valence-corrected chi connectivity index (χ3v) is 6.43. The van der Waals surface area contributed by atoms with Gasteiger partial charge >= 0.3 is 0 Å². The highest BCUT2D eigenvalue weighted by atomic mass is 35.5. The fourth-order valence-electron chi connectivity index (χ4n) is 4.66. The zero-order valence-corrected chi connectivity index (χ0v) is 17.1. The second kappa shape index (κ2) is 7.42. The first kappa shape index (κ1) is 19.1. The van der Waals surface area contributed by atoms with Crippen LogP contribution in [0.4, 0.5) is 0 Å². The third-order valence-electron chi connectivity index (χ3n) is 6.12. The van der Waals surface area contributed by atoms with E-state index in [0.717, 1.165) is 29.5 Å². The molecular formula is C24H21ClN2O3. The van der Waals surface area contributed by atoms with Gasteiger partial charge in [0.1, 0.15) is 0 Å². The zero-order chi connectivity index (χ0) is 20.8. The minimum absolute atomic E-state index is 0.0659. The van der Waals surface area contributed by atoms with Crippen molar-refractivity contribution >= 4 is 17.5 Å². The monoisotopic (exact) mass is 420 g/mol. The SMILES string of the molecule is O=C(c1cc(-c2ccccc2)c(=O)n2c1-c1c(Cl)cccc1C2)N1CCCC1CO. The molecule has 5 nitrogen and oxygen atoms in total. The van der Waals surface area contributed by atoms with Gasteiger partial charge in [-0.15, -0.1) is 0 Å². The van der Waals surface area contributed by atoms with E-state index in [1.165, 1.54) is 0 Å². The summed E-state index contributed by atoms with van der Waals surface area (Å²) in [6.07, 6.45) is 1.63. The summed E-state index contributed by atoms with van der Waals surface area (Å²) in [5, 5.41) is 10.3. The van der Waals surface area contributed by atoms with Crippen LogP contribution in [-0.4, -0.2) is 39.7 Å². The van der Waals surface area contributed by atoms with Crippen LogP contribution in [0.3, 0.4) is 0 Å². The van der Waals surface area contributed by atoms with Crippen LogP contribution >= 0.6 is 11.6 Å². The summed E-state index contributed by atoms with van der Waals surface area (Å²) in [4.78, 5) is 28.8. The van der Waals surface area contributed by atoms with Crippen molar-refractivity contribution in [2.45, 2.75) is 25.4 Å². The number of aliphatic hydroxyl groups excluding tert-OH is 1. The van der Waals surface area contributed by atoms with E-state index in [2.05, 4.69) is 0 Å². The van der Waals surface area contributed by atoms with Gasteiger partial charge in [-0.25, -0.2) is 0 Å². The molecule has 0 spiro atoms. The maximum absolute atomic E-state index is 13.6. The molecule has 3 aromatic rings. The van der Waals surface area contributed by atoms with Gasteiger partial charge in [-0.1, -0.05) is 54.1 Å². The molecule has 1 saturated heterocycles. The molecule has 1 unspecified atom stereocenters. The Morgan fingerprint density at radius 1 is 1.13 bits per heavy atom. The molecule has 30 heavy (non-hydrogen) atoms. The van der Waals surface area contributed by atoms with Crippen LogP contribution in [0.25, 0.3) is 22.4 Å². The number of carbonyl (C=O) groups is 1. The summed E-state index contributed by atoms with van der Waals surface area (Å²) in [6, 6.07) is 16.5. The summed E-state index contributed by atoms with van der Waals surface area (Å²) < 4.78 is 1.66. The molecule has 6 heteroatoms. The Morgan fingerprint density at radius 3 is 2.70 bits per heavy atom. The molecule has 2 aliphatic rings. The van der Waals surface area contributed by atoms with Crippen molar-refractivity contribution < 1.29 is 9.90 Å². The second-order valence-electron chi connectivity index (χ2n) is 7.83. The molecule has 5 rings (SSSR count). The van der Waals surface area contributed by atoms with Crippen LogP contribution in [0.1, 0.15) is 28.8 Å². The maximum atomic E-state index is 13.6. The fraction of sp³-hybridized carbons (Fsp3) is 0.250. The van der Waals surface area contributed by atoms with E-state index in [1.54, 1.807) is 21.6 Å². The Bertz CT molecular complexity index is 1200. The lowest BCUT2D eigenvalue weighted by Gasteiger charge is -2.25. The molecule has 0 radical (unpaired) electrons. The van der Waals surface area contributed by atoms with E-state index >= 15 is 0 Å². The number of benzene rings is 2. The topological polar surface area (TPSA) is 62.5 Å². The average Bonchev–Trinajstić information content (AvgIpc) is 3.40. The summed E-state index contributed by atoms with van der Waals surface area (Å²) in [7, 11) is 0. The van der Waals surface area contributed by atoms with Crippen LogP contribution < -0.4 is 5.56 Å². The average molecular weight is 421 g/mol. The molecule has 1 N–H and O–H groups in total. The van der Waals surface area contributed by atoms with Gasteiger partial charge in [-0.3, -0.25) is 9.59 Å². The Kier molecular flexibility index (Phi) is 4.72. The molecule has 3 heterocycles. The lowest BCUT2D eigenvalue weighted by molar-refractivity contribution is 0.0678. The van der Waals surface area contributed by atoms with Crippen molar-refractivity contribution in [2.75, 3.05) is 13.2 Å². The Morgan fingerprint density at radius 2 is 1.93 bits per heavy atom. The molecule has 152 valence electrons. The lowest BCUT2D eigenvalue weighted by atomic mass is 9.99. The first-order valence-electron chi connectivity index (χ1n) is 10.1. The summed E-state index contributed by atoms with van der Waals surface area (Å²) in [5.41, 5.74) is 3.84.